The van der Waals surface area contributed by atoms with E-state index in [1.54, 1.807) is 30.6 Å². The monoisotopic (exact) mass is 475 g/mol. The lowest BCUT2D eigenvalue weighted by atomic mass is 10.1. The van der Waals surface area contributed by atoms with Crippen molar-refractivity contribution in [2.45, 2.75) is 19.9 Å². The van der Waals surface area contributed by atoms with Crippen molar-refractivity contribution in [1.82, 2.24) is 15.2 Å². The van der Waals surface area contributed by atoms with E-state index in [9.17, 15) is 14.0 Å². The number of amides is 2. The molecule has 0 saturated carbocycles. The van der Waals surface area contributed by atoms with E-state index in [1.165, 1.54) is 6.07 Å². The molecule has 1 aliphatic rings. The number of aryl methyl sites for hydroxylation is 2. The van der Waals surface area contributed by atoms with E-state index in [2.05, 4.69) is 20.5 Å². The van der Waals surface area contributed by atoms with E-state index in [-0.39, 0.29) is 18.4 Å². The Balaban J connectivity index is 1.40. The molecule has 182 valence electrons. The molecule has 0 spiro atoms. The first-order chi connectivity index (χ1) is 16.9. The highest BCUT2D eigenvalue weighted by Gasteiger charge is 2.27. The molecule has 4 rings (SSSR count). The van der Waals surface area contributed by atoms with Crippen molar-refractivity contribution in [2.75, 3.05) is 42.9 Å². The average Bonchev–Trinajstić information content (AvgIpc) is 2.87. The summed E-state index contributed by atoms with van der Waals surface area (Å²) >= 11 is 0. The largest absolute Gasteiger partial charge is 0.367 e. The van der Waals surface area contributed by atoms with E-state index in [4.69, 9.17) is 0 Å². The first-order valence-electron chi connectivity index (χ1n) is 11.7. The predicted molar refractivity (Wildman–Crippen MR) is 135 cm³/mol. The van der Waals surface area contributed by atoms with Crippen LogP contribution >= 0.6 is 0 Å². The van der Waals surface area contributed by atoms with Crippen LogP contribution in [0, 0.1) is 19.7 Å². The van der Waals surface area contributed by atoms with E-state index in [1.807, 2.05) is 49.1 Å². The lowest BCUT2D eigenvalue weighted by molar-refractivity contribution is -0.136. The number of carbonyl (C=O) groups is 2. The van der Waals surface area contributed by atoms with Crippen molar-refractivity contribution < 1.29 is 14.0 Å². The molecule has 2 heterocycles. The molecule has 8 heteroatoms. The molecule has 2 N–H and O–H groups in total. The maximum absolute atomic E-state index is 14.2. The van der Waals surface area contributed by atoms with Gasteiger partial charge in [0.05, 0.1) is 11.7 Å². The molecule has 0 aliphatic carbocycles. The van der Waals surface area contributed by atoms with Crippen LogP contribution in [0.5, 0.6) is 0 Å². The number of halogens is 1. The van der Waals surface area contributed by atoms with Crippen molar-refractivity contribution in [3.05, 3.63) is 89.5 Å². The molecule has 35 heavy (non-hydrogen) atoms. The zero-order valence-corrected chi connectivity index (χ0v) is 20.0. The first kappa shape index (κ1) is 24.3. The highest BCUT2D eigenvalue weighted by molar-refractivity contribution is 6.39. The van der Waals surface area contributed by atoms with Crippen molar-refractivity contribution in [3.63, 3.8) is 0 Å². The van der Waals surface area contributed by atoms with Crippen LogP contribution in [0.1, 0.15) is 22.7 Å². The van der Waals surface area contributed by atoms with Gasteiger partial charge in [-0.2, -0.15) is 0 Å². The Kier molecular flexibility index (Phi) is 7.72. The van der Waals surface area contributed by atoms with Crippen LogP contribution < -0.4 is 15.5 Å². The summed E-state index contributed by atoms with van der Waals surface area (Å²) < 4.78 is 14.2. The summed E-state index contributed by atoms with van der Waals surface area (Å²) in [5, 5.41) is 5.48. The predicted octanol–water partition coefficient (Wildman–Crippen LogP) is 3.46. The minimum atomic E-state index is -0.703. The van der Waals surface area contributed by atoms with Gasteiger partial charge < -0.3 is 15.5 Å². The molecule has 0 radical (unpaired) electrons. The van der Waals surface area contributed by atoms with Gasteiger partial charge >= 0.3 is 11.8 Å². The number of benzene rings is 2. The van der Waals surface area contributed by atoms with Crippen molar-refractivity contribution >= 4 is 23.2 Å². The molecule has 1 fully saturated rings. The van der Waals surface area contributed by atoms with Gasteiger partial charge in [-0.25, -0.2) is 4.39 Å². The molecule has 0 bridgehead atoms. The van der Waals surface area contributed by atoms with Gasteiger partial charge in [-0.1, -0.05) is 35.9 Å². The summed E-state index contributed by atoms with van der Waals surface area (Å²) in [6.45, 7) is 6.78. The average molecular weight is 476 g/mol. The highest BCUT2D eigenvalue weighted by atomic mass is 19.1. The van der Waals surface area contributed by atoms with Gasteiger partial charge in [-0.15, -0.1) is 0 Å². The summed E-state index contributed by atoms with van der Waals surface area (Å²) in [5.74, 6) is -1.62. The van der Waals surface area contributed by atoms with Crippen LogP contribution in [0.15, 0.2) is 67.0 Å². The summed E-state index contributed by atoms with van der Waals surface area (Å²) in [7, 11) is 0. The van der Waals surface area contributed by atoms with Gasteiger partial charge in [0.2, 0.25) is 0 Å². The third kappa shape index (κ3) is 6.02. The van der Waals surface area contributed by atoms with E-state index in [0.29, 0.717) is 37.6 Å². The Morgan fingerprint density at radius 3 is 2.46 bits per heavy atom. The number of hydrogen-bond donors (Lipinski definition) is 2. The number of pyridine rings is 1. The van der Waals surface area contributed by atoms with Crippen LogP contribution in [0.2, 0.25) is 0 Å². The SMILES string of the molecule is Cc1ccc(NC(=O)C(=O)NC[C@@H](c2cccnc2)N2CCN(c3ccccc3F)CC2)c(C)c1. The fourth-order valence-corrected chi connectivity index (χ4v) is 4.42. The number of rotatable bonds is 6. The van der Waals surface area contributed by atoms with Gasteiger partial charge in [0, 0.05) is 50.8 Å². The van der Waals surface area contributed by atoms with Gasteiger partial charge in [0.15, 0.2) is 0 Å². The Bertz CT molecular complexity index is 1180. The zero-order valence-electron chi connectivity index (χ0n) is 20.0. The molecule has 3 aromatic rings. The molecule has 2 amide bonds. The Morgan fingerprint density at radius 1 is 1.00 bits per heavy atom. The second-order valence-corrected chi connectivity index (χ2v) is 8.76. The molecule has 1 atom stereocenters. The number of para-hydroxylation sites is 1. The zero-order chi connectivity index (χ0) is 24.8. The quantitative estimate of drug-likeness (QED) is 0.534. The number of aromatic nitrogens is 1. The number of piperazine rings is 1. The van der Waals surface area contributed by atoms with Gasteiger partial charge in [0.1, 0.15) is 5.82 Å². The van der Waals surface area contributed by atoms with Crippen molar-refractivity contribution in [3.8, 4) is 0 Å². The molecule has 1 saturated heterocycles. The van der Waals surface area contributed by atoms with Crippen molar-refractivity contribution in [1.29, 1.82) is 0 Å². The number of anilines is 2. The van der Waals surface area contributed by atoms with Gasteiger partial charge in [0.25, 0.3) is 0 Å². The molecular formula is C27H30FN5O2. The fourth-order valence-electron chi connectivity index (χ4n) is 4.42. The number of nitrogens with one attached hydrogen (secondary N) is 2. The van der Waals surface area contributed by atoms with Crippen LogP contribution in [0.4, 0.5) is 15.8 Å². The summed E-state index contributed by atoms with van der Waals surface area (Å²) in [6.07, 6.45) is 3.47. The third-order valence-electron chi connectivity index (χ3n) is 6.31. The Hall–Kier alpha value is -3.78. The molecule has 1 aliphatic heterocycles. The topological polar surface area (TPSA) is 77.6 Å². The fraction of sp³-hybridized carbons (Fsp3) is 0.296. The summed E-state index contributed by atoms with van der Waals surface area (Å²) in [6, 6.07) is 16.1. The van der Waals surface area contributed by atoms with Gasteiger partial charge in [-0.05, 0) is 49.2 Å². The lowest BCUT2D eigenvalue weighted by Crippen LogP contribution is -2.50. The third-order valence-corrected chi connectivity index (χ3v) is 6.31. The summed E-state index contributed by atoms with van der Waals surface area (Å²) in [5.41, 5.74) is 4.14. The van der Waals surface area contributed by atoms with E-state index >= 15 is 0 Å². The van der Waals surface area contributed by atoms with Crippen LogP contribution in [-0.4, -0.2) is 54.4 Å². The van der Waals surface area contributed by atoms with Crippen LogP contribution in [-0.2, 0) is 9.59 Å². The Morgan fingerprint density at radius 2 is 1.77 bits per heavy atom. The Labute approximate surface area is 205 Å². The molecular weight excluding hydrogens is 445 g/mol. The molecule has 2 aromatic carbocycles. The van der Waals surface area contributed by atoms with E-state index < -0.39 is 11.8 Å². The van der Waals surface area contributed by atoms with Crippen LogP contribution in [0.25, 0.3) is 0 Å². The number of hydrogen-bond acceptors (Lipinski definition) is 5. The standard InChI is InChI=1S/C27H30FN5O2/c1-19-9-10-23(20(2)16-19)31-27(35)26(34)30-18-25(21-6-5-11-29-17-21)33-14-12-32(13-15-33)24-8-4-3-7-22(24)28/h3-11,16-17,25H,12-15,18H2,1-2H3,(H,30,34)(H,31,35)/t25-/m0/s1. The minimum absolute atomic E-state index is 0.163. The van der Waals surface area contributed by atoms with Crippen LogP contribution in [0.3, 0.4) is 0 Å². The maximum atomic E-state index is 14.2. The molecule has 0 unspecified atom stereocenters. The second kappa shape index (κ2) is 11.1. The van der Waals surface area contributed by atoms with Crippen molar-refractivity contribution in [2.24, 2.45) is 0 Å². The molecule has 7 nitrogen and oxygen atoms in total. The highest BCUT2D eigenvalue weighted by Crippen LogP contribution is 2.25. The first-order valence-corrected chi connectivity index (χ1v) is 11.7. The summed E-state index contributed by atoms with van der Waals surface area (Å²) in [4.78, 5) is 33.6. The normalized spacial score (nSPS) is 14.9. The smallest absolute Gasteiger partial charge is 0.313 e. The number of carbonyl (C=O) groups excluding carboxylic acids is 2. The van der Waals surface area contributed by atoms with Gasteiger partial charge in [-0.3, -0.25) is 19.5 Å². The van der Waals surface area contributed by atoms with E-state index in [0.717, 1.165) is 16.7 Å². The lowest BCUT2D eigenvalue weighted by Gasteiger charge is -2.40. The minimum Gasteiger partial charge on any atom is -0.367 e. The second-order valence-electron chi connectivity index (χ2n) is 8.76. The maximum Gasteiger partial charge on any atom is 0.313 e. The number of nitrogens with zero attached hydrogens (tertiary/aromatic N) is 3. The molecule has 1 aromatic heterocycles.